The molecule has 2 amide bonds. The highest BCUT2D eigenvalue weighted by molar-refractivity contribution is 5.82. The minimum atomic E-state index is -0.370. The summed E-state index contributed by atoms with van der Waals surface area (Å²) in [5.74, 6) is -0.773. The Bertz CT molecular complexity index is 536. The van der Waals surface area contributed by atoms with E-state index < -0.39 is 0 Å². The normalized spacial score (nSPS) is 18.1. The van der Waals surface area contributed by atoms with Crippen molar-refractivity contribution in [3.8, 4) is 0 Å². The number of nitrogens with two attached hydrogens (primary N) is 1. The summed E-state index contributed by atoms with van der Waals surface area (Å²) in [6.45, 7) is 1.85. The molecule has 120 valence electrons. The van der Waals surface area contributed by atoms with E-state index in [4.69, 9.17) is 5.73 Å². The maximum absolute atomic E-state index is 13.6. The van der Waals surface area contributed by atoms with Crippen molar-refractivity contribution in [3.05, 3.63) is 35.6 Å². The number of amides is 2. The fourth-order valence-electron chi connectivity index (χ4n) is 2.67. The van der Waals surface area contributed by atoms with Gasteiger partial charge in [-0.25, -0.2) is 4.39 Å². The Hall–Kier alpha value is -1.95. The van der Waals surface area contributed by atoms with E-state index in [9.17, 15) is 14.0 Å². The van der Waals surface area contributed by atoms with E-state index in [1.54, 1.807) is 23.1 Å². The molecule has 6 heteroatoms. The van der Waals surface area contributed by atoms with Crippen LogP contribution in [0.2, 0.25) is 0 Å². The first kappa shape index (κ1) is 16.4. The summed E-state index contributed by atoms with van der Waals surface area (Å²) in [4.78, 5) is 25.9. The summed E-state index contributed by atoms with van der Waals surface area (Å²) in [6.07, 6.45) is 1.58. The maximum atomic E-state index is 13.6. The van der Waals surface area contributed by atoms with Crippen LogP contribution in [0.4, 0.5) is 4.39 Å². The van der Waals surface area contributed by atoms with Gasteiger partial charge in [-0.3, -0.25) is 9.59 Å². The van der Waals surface area contributed by atoms with Crippen LogP contribution in [0.25, 0.3) is 0 Å². The fourth-order valence-corrected chi connectivity index (χ4v) is 2.67. The molecule has 1 aromatic carbocycles. The molecule has 3 N–H and O–H groups in total. The Balaban J connectivity index is 1.93. The Morgan fingerprint density at radius 3 is 2.86 bits per heavy atom. The summed E-state index contributed by atoms with van der Waals surface area (Å²) in [5.41, 5.74) is 5.76. The van der Waals surface area contributed by atoms with Crippen molar-refractivity contribution in [2.75, 3.05) is 26.2 Å². The van der Waals surface area contributed by atoms with Gasteiger partial charge < -0.3 is 16.0 Å². The number of piperidine rings is 1. The van der Waals surface area contributed by atoms with Crippen LogP contribution in [0.15, 0.2) is 24.3 Å². The zero-order valence-electron chi connectivity index (χ0n) is 12.6. The van der Waals surface area contributed by atoms with Crippen molar-refractivity contribution >= 4 is 11.8 Å². The second-order valence-electron chi connectivity index (χ2n) is 5.53. The number of benzene rings is 1. The van der Waals surface area contributed by atoms with Crippen LogP contribution in [0.5, 0.6) is 0 Å². The number of carbonyl (C=O) groups is 2. The number of rotatable bonds is 5. The van der Waals surface area contributed by atoms with Gasteiger partial charge in [0.25, 0.3) is 0 Å². The minimum absolute atomic E-state index is 0.0316. The highest BCUT2D eigenvalue weighted by Crippen LogP contribution is 2.18. The lowest BCUT2D eigenvalue weighted by Crippen LogP contribution is -2.46. The Morgan fingerprint density at radius 1 is 1.36 bits per heavy atom. The first-order valence-electron chi connectivity index (χ1n) is 7.60. The monoisotopic (exact) mass is 307 g/mol. The molecule has 0 aliphatic carbocycles. The van der Waals surface area contributed by atoms with Gasteiger partial charge >= 0.3 is 0 Å². The van der Waals surface area contributed by atoms with Gasteiger partial charge in [-0.15, -0.1) is 0 Å². The van der Waals surface area contributed by atoms with E-state index in [2.05, 4.69) is 5.32 Å². The molecule has 0 aromatic heterocycles. The fraction of sp³-hybridized carbons (Fsp3) is 0.500. The third kappa shape index (κ3) is 4.27. The minimum Gasteiger partial charge on any atom is -0.355 e. The third-order valence-electron chi connectivity index (χ3n) is 3.89. The molecular weight excluding hydrogens is 285 g/mol. The molecule has 22 heavy (non-hydrogen) atoms. The largest absolute Gasteiger partial charge is 0.355 e. The van der Waals surface area contributed by atoms with E-state index in [0.717, 1.165) is 12.8 Å². The summed E-state index contributed by atoms with van der Waals surface area (Å²) in [6, 6.07) is 6.28. The molecule has 5 nitrogen and oxygen atoms in total. The maximum Gasteiger partial charge on any atom is 0.227 e. The summed E-state index contributed by atoms with van der Waals surface area (Å²) >= 11 is 0. The van der Waals surface area contributed by atoms with Crippen molar-refractivity contribution < 1.29 is 14.0 Å². The van der Waals surface area contributed by atoms with E-state index in [1.165, 1.54) is 6.07 Å². The molecule has 1 saturated heterocycles. The summed E-state index contributed by atoms with van der Waals surface area (Å²) in [7, 11) is 0. The molecule has 0 bridgehead atoms. The molecular formula is C16H22FN3O2. The molecule has 1 aliphatic heterocycles. The number of likely N-dealkylation sites (tertiary alicyclic amines) is 1. The lowest BCUT2D eigenvalue weighted by atomic mass is 9.96. The van der Waals surface area contributed by atoms with Crippen molar-refractivity contribution in [2.45, 2.75) is 19.3 Å². The molecule has 1 unspecified atom stereocenters. The highest BCUT2D eigenvalue weighted by Gasteiger charge is 2.28. The van der Waals surface area contributed by atoms with Crippen LogP contribution in [0.3, 0.4) is 0 Å². The predicted molar refractivity (Wildman–Crippen MR) is 81.5 cm³/mol. The SMILES string of the molecule is NCCNC(=O)C1CCCN(C(=O)Cc2ccccc2F)C1. The zero-order chi connectivity index (χ0) is 15.9. The van der Waals surface area contributed by atoms with Gasteiger partial charge in [0, 0.05) is 26.2 Å². The van der Waals surface area contributed by atoms with E-state index in [0.29, 0.717) is 31.7 Å². The lowest BCUT2D eigenvalue weighted by molar-refractivity contribution is -0.135. The van der Waals surface area contributed by atoms with Gasteiger partial charge in [0.1, 0.15) is 5.82 Å². The van der Waals surface area contributed by atoms with Crippen LogP contribution < -0.4 is 11.1 Å². The standard InChI is InChI=1S/C16H22FN3O2/c17-14-6-2-1-4-12(14)10-15(21)20-9-3-5-13(11-20)16(22)19-8-7-18/h1-2,4,6,13H,3,5,7-11,18H2,(H,19,22). The van der Waals surface area contributed by atoms with Gasteiger partial charge in [-0.2, -0.15) is 0 Å². The first-order chi connectivity index (χ1) is 10.6. The van der Waals surface area contributed by atoms with Gasteiger partial charge in [0.05, 0.1) is 12.3 Å². The number of hydrogen-bond acceptors (Lipinski definition) is 3. The van der Waals surface area contributed by atoms with Crippen LogP contribution in [0.1, 0.15) is 18.4 Å². The summed E-state index contributed by atoms with van der Waals surface area (Å²) in [5, 5.41) is 2.76. The Labute approximate surface area is 129 Å². The van der Waals surface area contributed by atoms with Crippen LogP contribution >= 0.6 is 0 Å². The molecule has 1 heterocycles. The average molecular weight is 307 g/mol. The molecule has 1 atom stereocenters. The number of halogens is 1. The molecule has 0 saturated carbocycles. The van der Waals surface area contributed by atoms with Crippen LogP contribution in [-0.4, -0.2) is 42.9 Å². The number of carbonyl (C=O) groups excluding carboxylic acids is 2. The topological polar surface area (TPSA) is 75.4 Å². The van der Waals surface area contributed by atoms with Crippen molar-refractivity contribution in [2.24, 2.45) is 11.7 Å². The molecule has 1 aliphatic rings. The van der Waals surface area contributed by atoms with Crippen molar-refractivity contribution in [3.63, 3.8) is 0 Å². The molecule has 1 fully saturated rings. The molecule has 1 aromatic rings. The second-order valence-corrected chi connectivity index (χ2v) is 5.53. The highest BCUT2D eigenvalue weighted by atomic mass is 19.1. The quantitative estimate of drug-likeness (QED) is 0.840. The Morgan fingerprint density at radius 2 is 2.14 bits per heavy atom. The van der Waals surface area contributed by atoms with Crippen molar-refractivity contribution in [1.82, 2.24) is 10.2 Å². The molecule has 2 rings (SSSR count). The van der Waals surface area contributed by atoms with Gasteiger partial charge in [-0.1, -0.05) is 18.2 Å². The van der Waals surface area contributed by atoms with Crippen LogP contribution in [0, 0.1) is 11.7 Å². The van der Waals surface area contributed by atoms with E-state index >= 15 is 0 Å². The van der Waals surface area contributed by atoms with E-state index in [-0.39, 0.29) is 30.0 Å². The predicted octanol–water partition coefficient (Wildman–Crippen LogP) is 0.682. The van der Waals surface area contributed by atoms with Gasteiger partial charge in [-0.05, 0) is 24.5 Å². The number of nitrogens with one attached hydrogen (secondary N) is 1. The second kappa shape index (κ2) is 7.89. The summed E-state index contributed by atoms with van der Waals surface area (Å²) < 4.78 is 13.6. The number of hydrogen-bond donors (Lipinski definition) is 2. The van der Waals surface area contributed by atoms with Gasteiger partial charge in [0.15, 0.2) is 0 Å². The number of nitrogens with zero attached hydrogens (tertiary/aromatic N) is 1. The molecule has 0 radical (unpaired) electrons. The first-order valence-corrected chi connectivity index (χ1v) is 7.60. The zero-order valence-corrected chi connectivity index (χ0v) is 12.6. The van der Waals surface area contributed by atoms with E-state index in [1.807, 2.05) is 0 Å². The van der Waals surface area contributed by atoms with Crippen molar-refractivity contribution in [1.29, 1.82) is 0 Å². The van der Waals surface area contributed by atoms with Crippen LogP contribution in [-0.2, 0) is 16.0 Å². The molecule has 0 spiro atoms. The lowest BCUT2D eigenvalue weighted by Gasteiger charge is -2.32. The average Bonchev–Trinajstić information content (AvgIpc) is 2.54. The smallest absolute Gasteiger partial charge is 0.227 e. The van der Waals surface area contributed by atoms with Gasteiger partial charge in [0.2, 0.25) is 11.8 Å². The Kier molecular flexibility index (Phi) is 5.89. The third-order valence-corrected chi connectivity index (χ3v) is 3.89.